The fourth-order valence-electron chi connectivity index (χ4n) is 2.29. The first kappa shape index (κ1) is 12.5. The number of amides is 1. The number of anilines is 2. The van der Waals surface area contributed by atoms with Crippen molar-refractivity contribution in [2.45, 2.75) is 0 Å². The van der Waals surface area contributed by atoms with Gasteiger partial charge in [0, 0.05) is 5.69 Å². The van der Waals surface area contributed by atoms with Gasteiger partial charge in [0.2, 0.25) is 0 Å². The van der Waals surface area contributed by atoms with Crippen molar-refractivity contribution in [2.75, 3.05) is 18.7 Å². The zero-order valence-corrected chi connectivity index (χ0v) is 11.0. The van der Waals surface area contributed by atoms with Crippen molar-refractivity contribution in [1.29, 1.82) is 0 Å². The molecule has 1 heterocycles. The number of nitrogens with zero attached hydrogens (tertiary/aromatic N) is 2. The topological polar surface area (TPSA) is 53.0 Å². The van der Waals surface area contributed by atoms with E-state index in [2.05, 4.69) is 0 Å². The molecule has 0 fully saturated rings. The van der Waals surface area contributed by atoms with Gasteiger partial charge in [-0.05, 0) is 36.4 Å². The summed E-state index contributed by atoms with van der Waals surface area (Å²) in [7, 11) is 1.61. The molecule has 5 nitrogen and oxygen atoms in total. The van der Waals surface area contributed by atoms with Crippen LogP contribution in [0, 0.1) is 0 Å². The molecule has 2 aromatic rings. The van der Waals surface area contributed by atoms with Gasteiger partial charge in [-0.1, -0.05) is 12.1 Å². The summed E-state index contributed by atoms with van der Waals surface area (Å²) in [6.45, 7) is 0.0994. The van der Waals surface area contributed by atoms with Gasteiger partial charge < -0.3 is 9.64 Å². The molecule has 1 aliphatic heterocycles. The fourth-order valence-corrected chi connectivity index (χ4v) is 2.29. The van der Waals surface area contributed by atoms with E-state index in [4.69, 9.17) is 4.74 Å². The van der Waals surface area contributed by atoms with Gasteiger partial charge in [-0.15, -0.1) is 0 Å². The molecule has 0 spiro atoms. The van der Waals surface area contributed by atoms with E-state index in [1.807, 2.05) is 41.3 Å². The summed E-state index contributed by atoms with van der Waals surface area (Å²) in [6, 6.07) is 14.7. The maximum absolute atomic E-state index is 11.9. The first-order chi connectivity index (χ1) is 9.70. The smallest absolute Gasteiger partial charge is 0.281 e. The highest BCUT2D eigenvalue weighted by atomic mass is 16.5. The van der Waals surface area contributed by atoms with E-state index in [9.17, 15) is 10.0 Å². The second-order valence-electron chi connectivity index (χ2n) is 4.49. The SMILES string of the molecule is COc1ccc(N2CN(O)C(=O)c3ccccc32)cc1. The van der Waals surface area contributed by atoms with Crippen LogP contribution in [-0.4, -0.2) is 30.0 Å². The summed E-state index contributed by atoms with van der Waals surface area (Å²) >= 11 is 0. The molecular weight excluding hydrogens is 256 g/mol. The third-order valence-corrected chi connectivity index (χ3v) is 3.32. The molecule has 0 aromatic heterocycles. The molecule has 1 aliphatic rings. The minimum absolute atomic E-state index is 0.0994. The Morgan fingerprint density at radius 2 is 1.80 bits per heavy atom. The lowest BCUT2D eigenvalue weighted by Crippen LogP contribution is -2.42. The van der Waals surface area contributed by atoms with Gasteiger partial charge in [0.05, 0.1) is 18.4 Å². The number of para-hydroxylation sites is 1. The van der Waals surface area contributed by atoms with E-state index < -0.39 is 0 Å². The average molecular weight is 270 g/mol. The monoisotopic (exact) mass is 270 g/mol. The lowest BCUT2D eigenvalue weighted by Gasteiger charge is -2.34. The predicted molar refractivity (Wildman–Crippen MR) is 74.4 cm³/mol. The number of hydroxylamine groups is 2. The van der Waals surface area contributed by atoms with E-state index in [-0.39, 0.29) is 12.6 Å². The van der Waals surface area contributed by atoms with Crippen molar-refractivity contribution in [2.24, 2.45) is 0 Å². The van der Waals surface area contributed by atoms with Crippen LogP contribution in [0.4, 0.5) is 11.4 Å². The van der Waals surface area contributed by atoms with Crippen molar-refractivity contribution in [3.8, 4) is 5.75 Å². The van der Waals surface area contributed by atoms with Crippen molar-refractivity contribution in [1.82, 2.24) is 5.06 Å². The van der Waals surface area contributed by atoms with Crippen LogP contribution < -0.4 is 9.64 Å². The molecule has 1 N–H and O–H groups in total. The van der Waals surface area contributed by atoms with E-state index in [1.165, 1.54) is 0 Å². The largest absolute Gasteiger partial charge is 0.497 e. The summed E-state index contributed by atoms with van der Waals surface area (Å²) in [5.41, 5.74) is 2.15. The van der Waals surface area contributed by atoms with E-state index in [0.717, 1.165) is 17.1 Å². The molecule has 0 saturated heterocycles. The van der Waals surface area contributed by atoms with Crippen LogP contribution in [-0.2, 0) is 0 Å². The third kappa shape index (κ3) is 1.98. The average Bonchev–Trinajstić information content (AvgIpc) is 2.51. The number of ether oxygens (including phenoxy) is 1. The van der Waals surface area contributed by atoms with Crippen LogP contribution in [0.2, 0.25) is 0 Å². The van der Waals surface area contributed by atoms with Gasteiger partial charge in [0.25, 0.3) is 5.91 Å². The minimum Gasteiger partial charge on any atom is -0.497 e. The molecular formula is C15H14N2O3. The zero-order chi connectivity index (χ0) is 14.1. The second-order valence-corrected chi connectivity index (χ2v) is 4.49. The lowest BCUT2D eigenvalue weighted by molar-refractivity contribution is -0.0583. The molecule has 20 heavy (non-hydrogen) atoms. The van der Waals surface area contributed by atoms with Gasteiger partial charge in [-0.3, -0.25) is 10.0 Å². The summed E-state index contributed by atoms with van der Waals surface area (Å²) in [6.07, 6.45) is 0. The van der Waals surface area contributed by atoms with Gasteiger partial charge in [-0.25, -0.2) is 0 Å². The summed E-state index contributed by atoms with van der Waals surface area (Å²) in [5.74, 6) is 0.376. The highest BCUT2D eigenvalue weighted by Crippen LogP contribution is 2.33. The number of methoxy groups -OCH3 is 1. The Labute approximate surface area is 116 Å². The molecule has 0 aliphatic carbocycles. The molecule has 0 saturated carbocycles. The number of fused-ring (bicyclic) bond motifs is 1. The Bertz CT molecular complexity index is 640. The minimum atomic E-state index is -0.384. The highest BCUT2D eigenvalue weighted by Gasteiger charge is 2.28. The third-order valence-electron chi connectivity index (χ3n) is 3.32. The number of carbonyl (C=O) groups is 1. The number of rotatable bonds is 2. The number of carbonyl (C=O) groups excluding carboxylic acids is 1. The van der Waals surface area contributed by atoms with Crippen LogP contribution in [0.3, 0.4) is 0 Å². The van der Waals surface area contributed by atoms with Crippen molar-refractivity contribution >= 4 is 17.3 Å². The number of hydrogen-bond donors (Lipinski definition) is 1. The number of benzene rings is 2. The molecule has 0 unspecified atom stereocenters. The summed E-state index contributed by atoms with van der Waals surface area (Å²) in [4.78, 5) is 13.8. The Kier molecular flexibility index (Phi) is 3.04. The van der Waals surface area contributed by atoms with Crippen LogP contribution in [0.25, 0.3) is 0 Å². The maximum atomic E-state index is 11.9. The van der Waals surface area contributed by atoms with Crippen LogP contribution in [0.1, 0.15) is 10.4 Å². The second kappa shape index (κ2) is 4.86. The normalized spacial score (nSPS) is 14.2. The maximum Gasteiger partial charge on any atom is 0.281 e. The lowest BCUT2D eigenvalue weighted by atomic mass is 10.1. The Morgan fingerprint density at radius 1 is 1.10 bits per heavy atom. The zero-order valence-electron chi connectivity index (χ0n) is 11.0. The molecule has 0 atom stereocenters. The van der Waals surface area contributed by atoms with Crippen molar-refractivity contribution < 1.29 is 14.7 Å². The summed E-state index contributed by atoms with van der Waals surface area (Å²) in [5, 5.41) is 10.5. The van der Waals surface area contributed by atoms with E-state index in [1.54, 1.807) is 19.2 Å². The first-order valence-corrected chi connectivity index (χ1v) is 6.22. The first-order valence-electron chi connectivity index (χ1n) is 6.22. The Hall–Kier alpha value is -2.53. The summed E-state index contributed by atoms with van der Waals surface area (Å²) < 4.78 is 5.13. The molecule has 102 valence electrons. The van der Waals surface area contributed by atoms with Crippen molar-refractivity contribution in [3.63, 3.8) is 0 Å². The Morgan fingerprint density at radius 3 is 2.50 bits per heavy atom. The number of hydrogen-bond acceptors (Lipinski definition) is 4. The standard InChI is InChI=1S/C15H14N2O3/c1-20-12-8-6-11(7-9-12)16-10-17(19)15(18)13-4-2-3-5-14(13)16/h2-9,19H,10H2,1H3. The Balaban J connectivity index is 2.05. The van der Waals surface area contributed by atoms with Crippen molar-refractivity contribution in [3.05, 3.63) is 54.1 Å². The quantitative estimate of drug-likeness (QED) is 0.852. The molecule has 1 amide bonds. The van der Waals surface area contributed by atoms with Gasteiger partial charge in [-0.2, -0.15) is 5.06 Å². The van der Waals surface area contributed by atoms with Crippen LogP contribution in [0.15, 0.2) is 48.5 Å². The molecule has 5 heteroatoms. The molecule has 2 aromatic carbocycles. The highest BCUT2D eigenvalue weighted by molar-refractivity contribution is 6.02. The predicted octanol–water partition coefficient (Wildman–Crippen LogP) is 2.64. The van der Waals surface area contributed by atoms with Gasteiger partial charge in [0.15, 0.2) is 0 Å². The molecule has 0 radical (unpaired) electrons. The molecule has 3 rings (SSSR count). The van der Waals surface area contributed by atoms with Crippen LogP contribution in [0.5, 0.6) is 5.75 Å². The fraction of sp³-hybridized carbons (Fsp3) is 0.133. The van der Waals surface area contributed by atoms with Gasteiger partial charge in [0.1, 0.15) is 12.4 Å². The van der Waals surface area contributed by atoms with E-state index in [0.29, 0.717) is 10.6 Å². The van der Waals surface area contributed by atoms with E-state index >= 15 is 0 Å². The van der Waals surface area contributed by atoms with Crippen LogP contribution >= 0.6 is 0 Å². The molecule has 0 bridgehead atoms. The van der Waals surface area contributed by atoms with Gasteiger partial charge >= 0.3 is 0 Å².